The summed E-state index contributed by atoms with van der Waals surface area (Å²) in [5.74, 6) is 1.28. The van der Waals surface area contributed by atoms with Crippen molar-refractivity contribution >= 4 is 16.1 Å². The number of aryl methyl sites for hydroxylation is 2. The van der Waals surface area contributed by atoms with Crippen LogP contribution in [0.3, 0.4) is 0 Å². The number of ether oxygens (including phenoxy) is 3. The molecule has 43 heavy (non-hydrogen) atoms. The van der Waals surface area contributed by atoms with Gasteiger partial charge in [0.25, 0.3) is 10.1 Å². The third-order valence-electron chi connectivity index (χ3n) is 6.45. The Bertz CT molecular complexity index is 1640. The Morgan fingerprint density at radius 1 is 0.977 bits per heavy atom. The van der Waals surface area contributed by atoms with E-state index in [-0.39, 0.29) is 36.7 Å². The smallest absolute Gasteiger partial charge is 0.311 e. The second-order valence-electron chi connectivity index (χ2n) is 9.71. The SMILES string of the molecule is CCC(=O)Oc1cc(CC[C@H](O)COS(=O)(=O)c2ccc(C)cc2)ccc1OCc1ccnc(-c2ccccc2OC)n1. The van der Waals surface area contributed by atoms with Gasteiger partial charge in [-0.25, -0.2) is 9.97 Å². The lowest BCUT2D eigenvalue weighted by Crippen LogP contribution is -2.19. The highest BCUT2D eigenvalue weighted by Gasteiger charge is 2.18. The number of methoxy groups -OCH3 is 1. The lowest BCUT2D eigenvalue weighted by atomic mass is 10.1. The van der Waals surface area contributed by atoms with Gasteiger partial charge in [0.05, 0.1) is 36.0 Å². The van der Waals surface area contributed by atoms with Crippen LogP contribution < -0.4 is 14.2 Å². The molecule has 1 aromatic heterocycles. The number of carbonyl (C=O) groups excluding carboxylic acids is 1. The van der Waals surface area contributed by atoms with Gasteiger partial charge in [0.15, 0.2) is 17.3 Å². The Hall–Kier alpha value is -4.32. The Morgan fingerprint density at radius 3 is 2.49 bits per heavy atom. The van der Waals surface area contributed by atoms with Gasteiger partial charge in [-0.15, -0.1) is 0 Å². The van der Waals surface area contributed by atoms with E-state index in [0.717, 1.165) is 16.7 Å². The van der Waals surface area contributed by atoms with E-state index in [1.165, 1.54) is 12.1 Å². The summed E-state index contributed by atoms with van der Waals surface area (Å²) in [5.41, 5.74) is 3.03. The van der Waals surface area contributed by atoms with Crippen LogP contribution in [0.15, 0.2) is 83.9 Å². The predicted octanol–water partition coefficient (Wildman–Crippen LogP) is 5.05. The largest absolute Gasteiger partial charge is 0.496 e. The molecule has 0 aliphatic rings. The number of rotatable bonds is 14. The number of carbonyl (C=O) groups is 1. The van der Waals surface area contributed by atoms with Crippen molar-refractivity contribution in [2.24, 2.45) is 0 Å². The molecule has 0 radical (unpaired) electrons. The van der Waals surface area contributed by atoms with E-state index in [2.05, 4.69) is 9.97 Å². The molecule has 0 saturated heterocycles. The lowest BCUT2D eigenvalue weighted by molar-refractivity contribution is -0.134. The fourth-order valence-corrected chi connectivity index (χ4v) is 4.99. The standard InChI is InChI=1S/C32H34N2O8S/c1-4-31(36)42-30-19-23(11-13-25(35)21-41-43(37,38)26-14-9-22(2)10-15-26)12-16-29(30)40-20-24-17-18-33-32(34-24)27-7-5-6-8-28(27)39-3/h5-10,12,14-19,25,35H,4,11,13,20-21H2,1-3H3/t25-/m0/s1. The molecule has 1 atom stereocenters. The van der Waals surface area contributed by atoms with Crippen LogP contribution in [0, 0.1) is 6.92 Å². The van der Waals surface area contributed by atoms with Crippen LogP contribution >= 0.6 is 0 Å². The summed E-state index contributed by atoms with van der Waals surface area (Å²) >= 11 is 0. The maximum atomic E-state index is 12.4. The highest BCUT2D eigenvalue weighted by Crippen LogP contribution is 2.31. The number of hydrogen-bond donors (Lipinski definition) is 1. The quantitative estimate of drug-likeness (QED) is 0.118. The zero-order valence-corrected chi connectivity index (χ0v) is 25.0. The minimum atomic E-state index is -3.98. The van der Waals surface area contributed by atoms with Crippen molar-refractivity contribution in [1.29, 1.82) is 0 Å². The minimum absolute atomic E-state index is 0.0289. The summed E-state index contributed by atoms with van der Waals surface area (Å²) < 4.78 is 46.8. The molecule has 0 saturated carbocycles. The Balaban J connectivity index is 1.40. The monoisotopic (exact) mass is 606 g/mol. The van der Waals surface area contributed by atoms with Crippen LogP contribution in [-0.2, 0) is 32.1 Å². The first-order chi connectivity index (χ1) is 20.7. The van der Waals surface area contributed by atoms with Crippen molar-refractivity contribution in [2.45, 2.75) is 50.7 Å². The zero-order valence-electron chi connectivity index (χ0n) is 24.2. The average molecular weight is 607 g/mol. The Labute approximate surface area is 251 Å². The molecule has 0 unspecified atom stereocenters. The molecule has 1 heterocycles. The first kappa shape index (κ1) is 31.6. The molecular weight excluding hydrogens is 572 g/mol. The van der Waals surface area contributed by atoms with Gasteiger partial charge >= 0.3 is 5.97 Å². The van der Waals surface area contributed by atoms with Crippen molar-refractivity contribution < 1.29 is 36.7 Å². The number of nitrogens with zero attached hydrogens (tertiary/aromatic N) is 2. The van der Waals surface area contributed by atoms with E-state index >= 15 is 0 Å². The number of esters is 1. The number of benzene rings is 3. The molecule has 226 valence electrons. The number of para-hydroxylation sites is 1. The third kappa shape index (κ3) is 8.84. The van der Waals surface area contributed by atoms with Gasteiger partial charge < -0.3 is 19.3 Å². The molecule has 0 aliphatic heterocycles. The molecule has 0 aliphatic carbocycles. The van der Waals surface area contributed by atoms with Gasteiger partial charge in [-0.1, -0.05) is 42.8 Å². The van der Waals surface area contributed by atoms with Gasteiger partial charge in [0, 0.05) is 12.6 Å². The summed E-state index contributed by atoms with van der Waals surface area (Å²) in [6.45, 7) is 3.25. The second-order valence-corrected chi connectivity index (χ2v) is 11.3. The van der Waals surface area contributed by atoms with Gasteiger partial charge in [-0.2, -0.15) is 8.42 Å². The zero-order chi connectivity index (χ0) is 30.8. The lowest BCUT2D eigenvalue weighted by Gasteiger charge is -2.15. The molecular formula is C32H34N2O8S. The molecule has 4 aromatic rings. The van der Waals surface area contributed by atoms with Gasteiger partial charge in [-0.3, -0.25) is 8.98 Å². The molecule has 0 fully saturated rings. The molecule has 4 rings (SSSR count). The highest BCUT2D eigenvalue weighted by molar-refractivity contribution is 7.86. The maximum absolute atomic E-state index is 12.4. The number of hydrogen-bond acceptors (Lipinski definition) is 10. The first-order valence-corrected chi connectivity index (χ1v) is 15.1. The molecule has 11 heteroatoms. The van der Waals surface area contributed by atoms with E-state index in [0.29, 0.717) is 29.4 Å². The summed E-state index contributed by atoms with van der Waals surface area (Å²) in [6, 6.07) is 20.6. The van der Waals surface area contributed by atoms with Gasteiger partial charge in [-0.05, 0) is 67.8 Å². The molecule has 0 spiro atoms. The molecule has 10 nitrogen and oxygen atoms in total. The van der Waals surface area contributed by atoms with Crippen LogP contribution in [0.5, 0.6) is 17.2 Å². The van der Waals surface area contributed by atoms with E-state index in [1.54, 1.807) is 56.6 Å². The van der Waals surface area contributed by atoms with Crippen molar-refractivity contribution in [2.75, 3.05) is 13.7 Å². The number of aliphatic hydroxyl groups excluding tert-OH is 1. The van der Waals surface area contributed by atoms with E-state index in [1.807, 2.05) is 31.2 Å². The van der Waals surface area contributed by atoms with E-state index < -0.39 is 22.2 Å². The number of aromatic nitrogens is 2. The van der Waals surface area contributed by atoms with Gasteiger partial charge in [0.2, 0.25) is 0 Å². The minimum Gasteiger partial charge on any atom is -0.496 e. The first-order valence-electron chi connectivity index (χ1n) is 13.7. The van der Waals surface area contributed by atoms with E-state index in [4.69, 9.17) is 18.4 Å². The highest BCUT2D eigenvalue weighted by atomic mass is 32.2. The van der Waals surface area contributed by atoms with Crippen LogP contribution in [0.1, 0.15) is 36.6 Å². The summed E-state index contributed by atoms with van der Waals surface area (Å²) in [6.07, 6.45) is 1.37. The van der Waals surface area contributed by atoms with Crippen molar-refractivity contribution in [3.05, 3.63) is 95.8 Å². The van der Waals surface area contributed by atoms with Crippen molar-refractivity contribution in [1.82, 2.24) is 9.97 Å². The topological polar surface area (TPSA) is 134 Å². The Kier molecular flexibility index (Phi) is 10.8. The molecule has 1 N–H and O–H groups in total. The fourth-order valence-electron chi connectivity index (χ4n) is 4.05. The predicted molar refractivity (Wildman–Crippen MR) is 159 cm³/mol. The maximum Gasteiger partial charge on any atom is 0.311 e. The van der Waals surface area contributed by atoms with Crippen LogP contribution in [0.2, 0.25) is 0 Å². The van der Waals surface area contributed by atoms with E-state index in [9.17, 15) is 18.3 Å². The fraction of sp³-hybridized carbons (Fsp3) is 0.281. The van der Waals surface area contributed by atoms with Gasteiger partial charge in [0.1, 0.15) is 12.4 Å². The van der Waals surface area contributed by atoms with Crippen molar-refractivity contribution in [3.63, 3.8) is 0 Å². The average Bonchev–Trinajstić information content (AvgIpc) is 3.02. The number of aliphatic hydroxyl groups is 1. The molecule has 0 bridgehead atoms. The second kappa shape index (κ2) is 14.7. The van der Waals surface area contributed by atoms with Crippen LogP contribution in [0.25, 0.3) is 11.4 Å². The third-order valence-corrected chi connectivity index (χ3v) is 7.74. The normalized spacial score (nSPS) is 12.0. The van der Waals surface area contributed by atoms with Crippen LogP contribution in [0.4, 0.5) is 0 Å². The summed E-state index contributed by atoms with van der Waals surface area (Å²) in [7, 11) is -2.40. The summed E-state index contributed by atoms with van der Waals surface area (Å²) in [4.78, 5) is 21.1. The Morgan fingerprint density at radius 2 is 1.74 bits per heavy atom. The molecule has 0 amide bonds. The van der Waals surface area contributed by atoms with Crippen molar-refractivity contribution in [3.8, 4) is 28.6 Å². The van der Waals surface area contributed by atoms with Crippen LogP contribution in [-0.4, -0.2) is 49.3 Å². The molecule has 3 aromatic carbocycles. The summed E-state index contributed by atoms with van der Waals surface area (Å²) in [5, 5.41) is 10.4.